The summed E-state index contributed by atoms with van der Waals surface area (Å²) >= 11 is 0. The number of aromatic nitrogens is 1. The van der Waals surface area contributed by atoms with E-state index in [1.54, 1.807) is 0 Å². The SMILES string of the molecule is C[C@H]1CO[C@@H]2Cn3cc(C(N)=O)c(=O)c(O)c3C(=O)N12. The summed E-state index contributed by atoms with van der Waals surface area (Å²) in [5.74, 6) is -2.18. The molecule has 2 amide bonds. The molecule has 0 saturated carbocycles. The summed E-state index contributed by atoms with van der Waals surface area (Å²) in [4.78, 5) is 36.9. The van der Waals surface area contributed by atoms with Gasteiger partial charge in [0.25, 0.3) is 11.8 Å². The van der Waals surface area contributed by atoms with Gasteiger partial charge in [-0.1, -0.05) is 0 Å². The highest BCUT2D eigenvalue weighted by atomic mass is 16.5. The van der Waals surface area contributed by atoms with Crippen LogP contribution in [0.2, 0.25) is 0 Å². The largest absolute Gasteiger partial charge is 0.503 e. The Hall–Kier alpha value is -2.35. The molecule has 8 nitrogen and oxygen atoms in total. The van der Waals surface area contributed by atoms with Gasteiger partial charge in [0.1, 0.15) is 5.56 Å². The third-order valence-electron chi connectivity index (χ3n) is 3.63. The number of aromatic hydroxyl groups is 1. The topological polar surface area (TPSA) is 115 Å². The zero-order valence-electron chi connectivity index (χ0n) is 10.7. The molecule has 3 rings (SSSR count). The van der Waals surface area contributed by atoms with E-state index < -0.39 is 29.2 Å². The number of nitrogens with zero attached hydrogens (tertiary/aromatic N) is 2. The fraction of sp³-hybridized carbons (Fsp3) is 0.417. The number of carbonyl (C=O) groups is 2. The molecule has 20 heavy (non-hydrogen) atoms. The van der Waals surface area contributed by atoms with Gasteiger partial charge in [0, 0.05) is 6.20 Å². The van der Waals surface area contributed by atoms with Gasteiger partial charge in [0.05, 0.1) is 19.2 Å². The highest BCUT2D eigenvalue weighted by molar-refractivity contribution is 5.98. The molecule has 2 aliphatic rings. The number of primary amides is 1. The van der Waals surface area contributed by atoms with Crippen molar-refractivity contribution in [1.29, 1.82) is 0 Å². The number of amides is 2. The molecule has 0 aliphatic carbocycles. The Morgan fingerprint density at radius 1 is 1.50 bits per heavy atom. The van der Waals surface area contributed by atoms with E-state index in [2.05, 4.69) is 0 Å². The predicted octanol–water partition coefficient (Wildman–Crippen LogP) is -1.15. The molecule has 0 spiro atoms. The smallest absolute Gasteiger partial charge is 0.276 e. The molecule has 3 heterocycles. The Morgan fingerprint density at radius 3 is 2.85 bits per heavy atom. The summed E-state index contributed by atoms with van der Waals surface area (Å²) in [6.45, 7) is 2.44. The van der Waals surface area contributed by atoms with Crippen molar-refractivity contribution in [3.05, 3.63) is 27.7 Å². The second kappa shape index (κ2) is 4.07. The molecule has 0 radical (unpaired) electrons. The number of hydrogen-bond acceptors (Lipinski definition) is 5. The molecule has 1 aromatic heterocycles. The van der Waals surface area contributed by atoms with Crippen LogP contribution in [0.3, 0.4) is 0 Å². The van der Waals surface area contributed by atoms with E-state index >= 15 is 0 Å². The number of hydrogen-bond donors (Lipinski definition) is 2. The molecule has 8 heteroatoms. The minimum atomic E-state index is -0.948. The third kappa shape index (κ3) is 1.54. The van der Waals surface area contributed by atoms with Crippen molar-refractivity contribution in [2.45, 2.75) is 25.7 Å². The lowest BCUT2D eigenvalue weighted by Crippen LogP contribution is -2.49. The first-order valence-corrected chi connectivity index (χ1v) is 6.12. The van der Waals surface area contributed by atoms with Crippen molar-refractivity contribution in [2.24, 2.45) is 5.73 Å². The second-order valence-electron chi connectivity index (χ2n) is 4.94. The Balaban J connectivity index is 2.21. The molecule has 106 valence electrons. The van der Waals surface area contributed by atoms with E-state index in [4.69, 9.17) is 10.5 Å². The molecule has 1 saturated heterocycles. The van der Waals surface area contributed by atoms with E-state index in [1.165, 1.54) is 15.7 Å². The Morgan fingerprint density at radius 2 is 2.20 bits per heavy atom. The third-order valence-corrected chi connectivity index (χ3v) is 3.63. The van der Waals surface area contributed by atoms with Gasteiger partial charge >= 0.3 is 0 Å². The molecular formula is C12H13N3O5. The first-order chi connectivity index (χ1) is 9.41. The van der Waals surface area contributed by atoms with Gasteiger partial charge in [-0.05, 0) is 6.92 Å². The van der Waals surface area contributed by atoms with Crippen LogP contribution in [0.4, 0.5) is 0 Å². The number of carbonyl (C=O) groups excluding carboxylic acids is 2. The predicted molar refractivity (Wildman–Crippen MR) is 66.3 cm³/mol. The average molecular weight is 279 g/mol. The van der Waals surface area contributed by atoms with Crippen LogP contribution in [0.15, 0.2) is 11.0 Å². The van der Waals surface area contributed by atoms with Crippen molar-refractivity contribution in [1.82, 2.24) is 9.47 Å². The zero-order valence-corrected chi connectivity index (χ0v) is 10.7. The summed E-state index contributed by atoms with van der Waals surface area (Å²) in [7, 11) is 0. The van der Waals surface area contributed by atoms with Crippen molar-refractivity contribution < 1.29 is 19.4 Å². The molecule has 3 N–H and O–H groups in total. The van der Waals surface area contributed by atoms with Crippen LogP contribution in [0.25, 0.3) is 0 Å². The van der Waals surface area contributed by atoms with Crippen LogP contribution in [-0.4, -0.2) is 45.3 Å². The van der Waals surface area contributed by atoms with Gasteiger partial charge in [-0.2, -0.15) is 0 Å². The van der Waals surface area contributed by atoms with Gasteiger partial charge in [0.2, 0.25) is 5.43 Å². The first kappa shape index (κ1) is 12.7. The van der Waals surface area contributed by atoms with Gasteiger partial charge < -0.3 is 25.0 Å². The zero-order chi connectivity index (χ0) is 14.6. The van der Waals surface area contributed by atoms with Gasteiger partial charge in [-0.25, -0.2) is 0 Å². The first-order valence-electron chi connectivity index (χ1n) is 6.12. The van der Waals surface area contributed by atoms with E-state index in [0.717, 1.165) is 0 Å². The second-order valence-corrected chi connectivity index (χ2v) is 4.94. The Bertz CT molecular complexity index is 680. The fourth-order valence-electron chi connectivity index (χ4n) is 2.65. The van der Waals surface area contributed by atoms with Crippen LogP contribution in [-0.2, 0) is 11.3 Å². The summed E-state index contributed by atoms with van der Waals surface area (Å²) in [6, 6.07) is -0.133. The van der Waals surface area contributed by atoms with Crippen LogP contribution in [0, 0.1) is 0 Å². The molecule has 1 fully saturated rings. The van der Waals surface area contributed by atoms with E-state index in [-0.39, 0.29) is 23.8 Å². The maximum atomic E-state index is 12.4. The van der Waals surface area contributed by atoms with Crippen molar-refractivity contribution in [2.75, 3.05) is 6.61 Å². The summed E-state index contributed by atoms with van der Waals surface area (Å²) in [6.07, 6.45) is 0.731. The van der Waals surface area contributed by atoms with E-state index in [0.29, 0.717) is 6.61 Å². The summed E-state index contributed by atoms with van der Waals surface area (Å²) in [5.41, 5.74) is 3.68. The molecule has 0 bridgehead atoms. The van der Waals surface area contributed by atoms with Crippen LogP contribution < -0.4 is 11.2 Å². The molecular weight excluding hydrogens is 266 g/mol. The minimum absolute atomic E-state index is 0.131. The Kier molecular flexibility index (Phi) is 2.58. The van der Waals surface area contributed by atoms with Gasteiger partial charge in [-0.3, -0.25) is 14.4 Å². The van der Waals surface area contributed by atoms with Gasteiger partial charge in [-0.15, -0.1) is 0 Å². The van der Waals surface area contributed by atoms with Crippen LogP contribution in [0.1, 0.15) is 27.8 Å². The lowest BCUT2D eigenvalue weighted by Gasteiger charge is -2.33. The maximum absolute atomic E-state index is 12.4. The lowest BCUT2D eigenvalue weighted by atomic mass is 10.1. The highest BCUT2D eigenvalue weighted by Gasteiger charge is 2.42. The standard InChI is InChI=1S/C12H13N3O5/c1-5-4-20-7-3-14-2-6(11(13)18)9(16)10(17)8(14)12(19)15(5)7/h2,5,7,17H,3-4H2,1H3,(H2,13,18)/t5-,7+/m0/s1. The molecule has 2 aliphatic heterocycles. The summed E-state index contributed by atoms with van der Waals surface area (Å²) < 4.78 is 6.82. The van der Waals surface area contributed by atoms with Crippen molar-refractivity contribution in [3.63, 3.8) is 0 Å². The number of rotatable bonds is 1. The van der Waals surface area contributed by atoms with Gasteiger partial charge in [0.15, 0.2) is 17.7 Å². The van der Waals surface area contributed by atoms with Crippen molar-refractivity contribution >= 4 is 11.8 Å². The lowest BCUT2D eigenvalue weighted by molar-refractivity contribution is 0.00625. The monoisotopic (exact) mass is 279 g/mol. The minimum Gasteiger partial charge on any atom is -0.503 e. The van der Waals surface area contributed by atoms with Crippen molar-refractivity contribution in [3.8, 4) is 5.75 Å². The highest BCUT2D eigenvalue weighted by Crippen LogP contribution is 2.29. The number of nitrogens with two attached hydrogens (primary N) is 1. The fourth-order valence-corrected chi connectivity index (χ4v) is 2.65. The number of pyridine rings is 1. The van der Waals surface area contributed by atoms with Crippen LogP contribution >= 0.6 is 0 Å². The molecule has 0 unspecified atom stereocenters. The molecule has 0 aromatic carbocycles. The van der Waals surface area contributed by atoms with E-state index in [1.807, 2.05) is 6.92 Å². The maximum Gasteiger partial charge on any atom is 0.276 e. The molecule has 1 aromatic rings. The summed E-state index contributed by atoms with van der Waals surface area (Å²) in [5, 5.41) is 9.92. The Labute approximate surface area is 113 Å². The average Bonchev–Trinajstić information content (AvgIpc) is 2.75. The number of fused-ring (bicyclic) bond motifs is 2. The number of ether oxygens (including phenoxy) is 1. The van der Waals surface area contributed by atoms with E-state index in [9.17, 15) is 19.5 Å². The normalized spacial score (nSPS) is 24.4. The molecule has 2 atom stereocenters. The van der Waals surface area contributed by atoms with Crippen LogP contribution in [0.5, 0.6) is 5.75 Å². The quantitative estimate of drug-likeness (QED) is 0.674.